The van der Waals surface area contributed by atoms with Crippen molar-refractivity contribution in [1.29, 1.82) is 0 Å². The highest BCUT2D eigenvalue weighted by Crippen LogP contribution is 2.29. The van der Waals surface area contributed by atoms with Crippen molar-refractivity contribution in [3.05, 3.63) is 63.7 Å². The van der Waals surface area contributed by atoms with Gasteiger partial charge in [0.1, 0.15) is 12.3 Å². The predicted octanol–water partition coefficient (Wildman–Crippen LogP) is 2.95. The van der Waals surface area contributed by atoms with Crippen LogP contribution in [0.25, 0.3) is 0 Å². The van der Waals surface area contributed by atoms with E-state index in [9.17, 15) is 23.3 Å². The first-order valence-electron chi connectivity index (χ1n) is 9.23. The van der Waals surface area contributed by atoms with E-state index in [1.54, 1.807) is 19.2 Å². The average molecular weight is 436 g/mol. The third-order valence-electron chi connectivity index (χ3n) is 4.69. The van der Waals surface area contributed by atoms with Crippen LogP contribution in [0.1, 0.15) is 30.5 Å². The van der Waals surface area contributed by atoms with Crippen molar-refractivity contribution in [2.75, 3.05) is 24.2 Å². The van der Waals surface area contributed by atoms with Gasteiger partial charge in [-0.3, -0.25) is 19.2 Å². The van der Waals surface area contributed by atoms with Crippen LogP contribution in [0.15, 0.2) is 42.5 Å². The minimum Gasteiger partial charge on any atom is -0.497 e. The molecule has 0 aliphatic carbocycles. The first kappa shape index (κ1) is 23.1. The van der Waals surface area contributed by atoms with Gasteiger partial charge in [-0.2, -0.15) is 0 Å². The molecule has 0 saturated carbocycles. The fourth-order valence-corrected chi connectivity index (χ4v) is 4.00. The molecule has 10 heteroatoms. The van der Waals surface area contributed by atoms with Gasteiger partial charge in [0.25, 0.3) is 5.69 Å². The summed E-state index contributed by atoms with van der Waals surface area (Å²) >= 11 is 0. The van der Waals surface area contributed by atoms with Crippen molar-refractivity contribution < 1.29 is 22.9 Å². The van der Waals surface area contributed by atoms with E-state index in [-0.39, 0.29) is 23.0 Å². The van der Waals surface area contributed by atoms with Crippen LogP contribution in [-0.2, 0) is 14.8 Å². The molecule has 0 aliphatic rings. The Balaban J connectivity index is 2.28. The normalized spacial score (nSPS) is 12.1. The summed E-state index contributed by atoms with van der Waals surface area (Å²) in [5, 5.41) is 14.0. The number of rotatable bonds is 9. The monoisotopic (exact) mass is 435 g/mol. The maximum atomic E-state index is 12.7. The first-order chi connectivity index (χ1) is 14.1. The maximum absolute atomic E-state index is 12.7. The Hall–Kier alpha value is -3.14. The number of nitrogens with zero attached hydrogens (tertiary/aromatic N) is 2. The highest BCUT2D eigenvalue weighted by molar-refractivity contribution is 7.92. The van der Waals surface area contributed by atoms with E-state index in [1.165, 1.54) is 25.1 Å². The average Bonchev–Trinajstić information content (AvgIpc) is 2.70. The van der Waals surface area contributed by atoms with Crippen LogP contribution >= 0.6 is 0 Å². The molecule has 9 nitrogen and oxygen atoms in total. The van der Waals surface area contributed by atoms with Gasteiger partial charge >= 0.3 is 0 Å². The third kappa shape index (κ3) is 5.47. The lowest BCUT2D eigenvalue weighted by Gasteiger charge is -2.25. The van der Waals surface area contributed by atoms with E-state index in [0.717, 1.165) is 16.1 Å². The predicted molar refractivity (Wildman–Crippen MR) is 114 cm³/mol. The molecule has 0 heterocycles. The molecule has 2 aromatic rings. The number of anilines is 1. The van der Waals surface area contributed by atoms with Crippen LogP contribution in [0.5, 0.6) is 5.75 Å². The van der Waals surface area contributed by atoms with Crippen LogP contribution in [-0.4, -0.2) is 39.2 Å². The first-order valence-corrected chi connectivity index (χ1v) is 11.1. The number of carbonyl (C=O) groups excluding carboxylic acids is 1. The summed E-state index contributed by atoms with van der Waals surface area (Å²) in [5.41, 5.74) is 0.901. The Morgan fingerprint density at radius 1 is 1.23 bits per heavy atom. The topological polar surface area (TPSA) is 119 Å². The quantitative estimate of drug-likeness (QED) is 0.478. The minimum absolute atomic E-state index is 0.0966. The lowest BCUT2D eigenvalue weighted by molar-refractivity contribution is -0.385. The fourth-order valence-electron chi connectivity index (χ4n) is 3.09. The number of nitro groups is 1. The van der Waals surface area contributed by atoms with Crippen molar-refractivity contribution in [3.8, 4) is 5.75 Å². The Bertz CT molecular complexity index is 1020. The van der Waals surface area contributed by atoms with E-state index in [1.807, 2.05) is 19.1 Å². The number of ether oxygens (including phenoxy) is 1. The maximum Gasteiger partial charge on any atom is 0.274 e. The van der Waals surface area contributed by atoms with Gasteiger partial charge in [-0.05, 0) is 37.1 Å². The van der Waals surface area contributed by atoms with Crippen molar-refractivity contribution in [2.24, 2.45) is 0 Å². The number of methoxy groups -OCH3 is 1. The molecule has 1 amide bonds. The van der Waals surface area contributed by atoms with Crippen molar-refractivity contribution in [1.82, 2.24) is 5.32 Å². The molecule has 162 valence electrons. The van der Waals surface area contributed by atoms with Crippen molar-refractivity contribution >= 4 is 27.3 Å². The van der Waals surface area contributed by atoms with Crippen LogP contribution in [0.2, 0.25) is 0 Å². The van der Waals surface area contributed by atoms with Crippen molar-refractivity contribution in [2.45, 2.75) is 26.3 Å². The number of nitrogens with one attached hydrogen (secondary N) is 1. The van der Waals surface area contributed by atoms with Gasteiger partial charge in [-0.15, -0.1) is 0 Å². The van der Waals surface area contributed by atoms with Gasteiger partial charge in [0, 0.05) is 6.07 Å². The summed E-state index contributed by atoms with van der Waals surface area (Å²) in [5.74, 6) is 0.165. The molecule has 0 aliphatic heterocycles. The zero-order chi connectivity index (χ0) is 22.5. The molecule has 1 atom stereocenters. The standard InChI is InChI=1S/C20H25N3O6S/c1-5-17(15-9-11-16(29-3)12-10-15)21-20(24)13-22(30(4,27)28)18-7-6-8-19(14(18)2)23(25)26/h6-12,17H,5,13H2,1-4H3,(H,21,24). The van der Waals surface area contributed by atoms with Crippen LogP contribution < -0.4 is 14.4 Å². The second-order valence-electron chi connectivity index (χ2n) is 6.75. The number of sulfonamides is 1. The van der Waals surface area contributed by atoms with Gasteiger partial charge in [0.15, 0.2) is 0 Å². The molecule has 2 rings (SSSR count). The largest absolute Gasteiger partial charge is 0.497 e. The second kappa shape index (κ2) is 9.57. The molecule has 0 saturated heterocycles. The van der Waals surface area contributed by atoms with Crippen LogP contribution in [0.4, 0.5) is 11.4 Å². The van der Waals surface area contributed by atoms with E-state index >= 15 is 0 Å². The van der Waals surface area contributed by atoms with Gasteiger partial charge in [-0.25, -0.2) is 8.42 Å². The SMILES string of the molecule is CCC(NC(=O)CN(c1cccc([N+](=O)[O-])c1C)S(C)(=O)=O)c1ccc(OC)cc1. The van der Waals surface area contributed by atoms with Gasteiger partial charge in [0.2, 0.25) is 15.9 Å². The Labute approximate surface area is 175 Å². The number of carbonyl (C=O) groups is 1. The molecule has 0 bridgehead atoms. The smallest absolute Gasteiger partial charge is 0.274 e. The van der Waals surface area contributed by atoms with Gasteiger partial charge < -0.3 is 10.1 Å². The molecule has 0 spiro atoms. The molecule has 0 radical (unpaired) electrons. The molecular weight excluding hydrogens is 410 g/mol. The fraction of sp³-hybridized carbons (Fsp3) is 0.350. The number of nitro benzene ring substituents is 1. The summed E-state index contributed by atoms with van der Waals surface area (Å²) < 4.78 is 30.7. The highest BCUT2D eigenvalue weighted by Gasteiger charge is 2.26. The molecule has 1 N–H and O–H groups in total. The molecule has 30 heavy (non-hydrogen) atoms. The van der Waals surface area contributed by atoms with E-state index in [0.29, 0.717) is 12.2 Å². The molecule has 1 unspecified atom stereocenters. The molecule has 0 fully saturated rings. The zero-order valence-electron chi connectivity index (χ0n) is 17.3. The Morgan fingerprint density at radius 2 is 1.87 bits per heavy atom. The zero-order valence-corrected chi connectivity index (χ0v) is 18.1. The number of hydrogen-bond donors (Lipinski definition) is 1. The summed E-state index contributed by atoms with van der Waals surface area (Å²) in [7, 11) is -2.30. The second-order valence-corrected chi connectivity index (χ2v) is 8.66. The highest BCUT2D eigenvalue weighted by atomic mass is 32.2. The van der Waals surface area contributed by atoms with Gasteiger partial charge in [0.05, 0.1) is 35.6 Å². The van der Waals surface area contributed by atoms with E-state index in [4.69, 9.17) is 4.74 Å². The van der Waals surface area contributed by atoms with E-state index in [2.05, 4.69) is 5.32 Å². The summed E-state index contributed by atoms with van der Waals surface area (Å²) in [6, 6.07) is 11.0. The van der Waals surface area contributed by atoms with E-state index < -0.39 is 27.4 Å². The number of hydrogen-bond acceptors (Lipinski definition) is 6. The summed E-state index contributed by atoms with van der Waals surface area (Å²) in [6.07, 6.45) is 1.55. The summed E-state index contributed by atoms with van der Waals surface area (Å²) in [6.45, 7) is 2.86. The molecule has 0 aromatic heterocycles. The van der Waals surface area contributed by atoms with Crippen molar-refractivity contribution in [3.63, 3.8) is 0 Å². The number of amides is 1. The van der Waals surface area contributed by atoms with Crippen LogP contribution in [0, 0.1) is 17.0 Å². The van der Waals surface area contributed by atoms with Crippen LogP contribution in [0.3, 0.4) is 0 Å². The summed E-state index contributed by atoms with van der Waals surface area (Å²) in [4.78, 5) is 23.3. The minimum atomic E-state index is -3.86. The lowest BCUT2D eigenvalue weighted by atomic mass is 10.0. The van der Waals surface area contributed by atoms with Gasteiger partial charge in [-0.1, -0.05) is 25.1 Å². The third-order valence-corrected chi connectivity index (χ3v) is 5.82. The number of benzene rings is 2. The molecular formula is C20H25N3O6S. The molecule has 2 aromatic carbocycles. The Kier molecular flexibility index (Phi) is 7.38. The Morgan fingerprint density at radius 3 is 2.37 bits per heavy atom. The lowest BCUT2D eigenvalue weighted by Crippen LogP contribution is -2.41.